The average molecular weight is 399 g/mol. The number of amides is 2. The van der Waals surface area contributed by atoms with Gasteiger partial charge in [-0.15, -0.1) is 0 Å². The molecule has 1 aliphatic heterocycles. The summed E-state index contributed by atoms with van der Waals surface area (Å²) in [5, 5.41) is 5.69. The summed E-state index contributed by atoms with van der Waals surface area (Å²) in [6, 6.07) is 11.8. The fraction of sp³-hybridized carbons (Fsp3) is 0.333. The fourth-order valence-electron chi connectivity index (χ4n) is 2.97. The van der Waals surface area contributed by atoms with Crippen LogP contribution in [0.25, 0.3) is 0 Å². The van der Waals surface area contributed by atoms with E-state index in [1.54, 1.807) is 61.4 Å². The highest BCUT2D eigenvalue weighted by Crippen LogP contribution is 2.34. The summed E-state index contributed by atoms with van der Waals surface area (Å²) in [4.78, 5) is 26.8. The van der Waals surface area contributed by atoms with E-state index in [1.807, 2.05) is 6.92 Å². The molecule has 8 heteroatoms. The minimum absolute atomic E-state index is 0.0955. The van der Waals surface area contributed by atoms with Gasteiger partial charge in [-0.2, -0.15) is 0 Å². The van der Waals surface area contributed by atoms with E-state index in [0.29, 0.717) is 35.2 Å². The lowest BCUT2D eigenvalue weighted by atomic mass is 10.2. The first-order valence-electron chi connectivity index (χ1n) is 9.38. The Bertz CT molecular complexity index is 869. The van der Waals surface area contributed by atoms with Crippen LogP contribution in [0, 0.1) is 0 Å². The van der Waals surface area contributed by atoms with Crippen LogP contribution in [0.4, 0.5) is 11.4 Å². The number of likely N-dealkylation sites (N-methyl/N-ethyl adjacent to an activating group) is 1. The second-order valence-electron chi connectivity index (χ2n) is 6.57. The number of benzene rings is 2. The summed E-state index contributed by atoms with van der Waals surface area (Å²) in [6.07, 6.45) is 0. The molecule has 0 aromatic heterocycles. The largest absolute Gasteiger partial charge is 0.497 e. The Hall–Kier alpha value is -3.26. The Morgan fingerprint density at radius 2 is 1.76 bits per heavy atom. The van der Waals surface area contributed by atoms with E-state index in [2.05, 4.69) is 10.6 Å². The standard InChI is InChI=1S/C21H25N3O5/c1-4-24(12-20(25)22-15-5-8-17(27-3)9-6-15)14(2)21(26)23-16-7-10-18-19(11-16)29-13-28-18/h5-11,14H,4,12-13H2,1-3H3,(H,22,25)(H,23,26). The lowest BCUT2D eigenvalue weighted by molar-refractivity contribution is -0.123. The molecule has 0 aliphatic carbocycles. The van der Waals surface area contributed by atoms with Gasteiger partial charge < -0.3 is 24.8 Å². The first-order chi connectivity index (χ1) is 14.0. The zero-order valence-corrected chi connectivity index (χ0v) is 16.7. The smallest absolute Gasteiger partial charge is 0.241 e. The first kappa shape index (κ1) is 20.5. The van der Waals surface area contributed by atoms with E-state index < -0.39 is 6.04 Å². The molecule has 0 radical (unpaired) electrons. The predicted octanol–water partition coefficient (Wildman–Crippen LogP) is 2.71. The van der Waals surface area contributed by atoms with E-state index >= 15 is 0 Å². The van der Waals surface area contributed by atoms with E-state index in [0.717, 1.165) is 0 Å². The van der Waals surface area contributed by atoms with Crippen molar-refractivity contribution in [1.82, 2.24) is 4.90 Å². The van der Waals surface area contributed by atoms with Crippen molar-refractivity contribution >= 4 is 23.2 Å². The Balaban J connectivity index is 1.56. The average Bonchev–Trinajstić information content (AvgIpc) is 3.20. The first-order valence-corrected chi connectivity index (χ1v) is 9.38. The van der Waals surface area contributed by atoms with Crippen LogP contribution < -0.4 is 24.8 Å². The molecule has 0 bridgehead atoms. The second kappa shape index (κ2) is 9.29. The van der Waals surface area contributed by atoms with Gasteiger partial charge in [0.1, 0.15) is 5.75 Å². The summed E-state index contributed by atoms with van der Waals surface area (Å²) in [6.45, 7) is 4.50. The zero-order valence-electron chi connectivity index (χ0n) is 16.7. The van der Waals surface area contributed by atoms with Gasteiger partial charge in [-0.1, -0.05) is 6.92 Å². The highest BCUT2D eigenvalue weighted by molar-refractivity contribution is 5.96. The summed E-state index contributed by atoms with van der Waals surface area (Å²) < 4.78 is 15.7. The van der Waals surface area contributed by atoms with Gasteiger partial charge in [-0.05, 0) is 49.9 Å². The Kier molecular flexibility index (Phi) is 6.56. The van der Waals surface area contributed by atoms with Crippen molar-refractivity contribution in [1.29, 1.82) is 0 Å². The fourth-order valence-corrected chi connectivity index (χ4v) is 2.97. The molecule has 1 unspecified atom stereocenters. The van der Waals surface area contributed by atoms with Crippen molar-refractivity contribution in [3.63, 3.8) is 0 Å². The summed E-state index contributed by atoms with van der Waals surface area (Å²) in [7, 11) is 1.59. The molecule has 0 saturated heterocycles. The number of anilines is 2. The van der Waals surface area contributed by atoms with Crippen molar-refractivity contribution in [2.24, 2.45) is 0 Å². The van der Waals surface area contributed by atoms with Crippen LogP contribution in [0.2, 0.25) is 0 Å². The number of nitrogens with one attached hydrogen (secondary N) is 2. The number of hydrogen-bond acceptors (Lipinski definition) is 6. The molecular weight excluding hydrogens is 374 g/mol. The summed E-state index contributed by atoms with van der Waals surface area (Å²) >= 11 is 0. The molecule has 2 aromatic carbocycles. The number of nitrogens with zero attached hydrogens (tertiary/aromatic N) is 1. The third-order valence-electron chi connectivity index (χ3n) is 4.69. The van der Waals surface area contributed by atoms with Crippen LogP contribution in [0.3, 0.4) is 0 Å². The highest BCUT2D eigenvalue weighted by atomic mass is 16.7. The van der Waals surface area contributed by atoms with Gasteiger partial charge in [-0.25, -0.2) is 0 Å². The molecule has 29 heavy (non-hydrogen) atoms. The van der Waals surface area contributed by atoms with Crippen molar-refractivity contribution in [3.8, 4) is 17.2 Å². The van der Waals surface area contributed by atoms with Crippen LogP contribution in [-0.2, 0) is 9.59 Å². The molecule has 1 atom stereocenters. The SMILES string of the molecule is CCN(CC(=O)Nc1ccc(OC)cc1)C(C)C(=O)Nc1ccc2c(c1)OCO2. The van der Waals surface area contributed by atoms with E-state index in [1.165, 1.54) is 0 Å². The molecule has 1 heterocycles. The number of hydrogen-bond donors (Lipinski definition) is 2. The quantitative estimate of drug-likeness (QED) is 0.710. The molecule has 0 fully saturated rings. The van der Waals surface area contributed by atoms with Crippen molar-refractivity contribution < 1.29 is 23.8 Å². The van der Waals surface area contributed by atoms with Crippen LogP contribution in [0.1, 0.15) is 13.8 Å². The third-order valence-corrected chi connectivity index (χ3v) is 4.69. The molecule has 0 spiro atoms. The summed E-state index contributed by atoms with van der Waals surface area (Å²) in [5.41, 5.74) is 1.29. The lowest BCUT2D eigenvalue weighted by Crippen LogP contribution is -2.45. The van der Waals surface area contributed by atoms with Gasteiger partial charge in [0.25, 0.3) is 0 Å². The number of carbonyl (C=O) groups excluding carboxylic acids is 2. The van der Waals surface area contributed by atoms with E-state index in [-0.39, 0.29) is 25.2 Å². The second-order valence-corrected chi connectivity index (χ2v) is 6.57. The van der Waals surface area contributed by atoms with Crippen LogP contribution in [-0.4, -0.2) is 49.7 Å². The third kappa shape index (κ3) is 5.17. The minimum atomic E-state index is -0.493. The van der Waals surface area contributed by atoms with Gasteiger partial charge in [0, 0.05) is 17.4 Å². The molecule has 2 aromatic rings. The Morgan fingerprint density at radius 1 is 1.07 bits per heavy atom. The molecular formula is C21H25N3O5. The van der Waals surface area contributed by atoms with E-state index in [9.17, 15) is 9.59 Å². The van der Waals surface area contributed by atoms with Crippen molar-refractivity contribution in [3.05, 3.63) is 42.5 Å². The Labute approximate surface area is 169 Å². The minimum Gasteiger partial charge on any atom is -0.497 e. The van der Waals surface area contributed by atoms with Crippen molar-refractivity contribution in [2.45, 2.75) is 19.9 Å². The molecule has 2 N–H and O–H groups in total. The number of fused-ring (bicyclic) bond motifs is 1. The summed E-state index contributed by atoms with van der Waals surface area (Å²) in [5.74, 6) is 1.57. The Morgan fingerprint density at radius 3 is 2.45 bits per heavy atom. The maximum Gasteiger partial charge on any atom is 0.241 e. The van der Waals surface area contributed by atoms with Crippen LogP contribution >= 0.6 is 0 Å². The highest BCUT2D eigenvalue weighted by Gasteiger charge is 2.23. The number of rotatable bonds is 8. The molecule has 0 saturated carbocycles. The topological polar surface area (TPSA) is 89.1 Å². The molecule has 2 amide bonds. The zero-order chi connectivity index (χ0) is 20.8. The lowest BCUT2D eigenvalue weighted by Gasteiger charge is -2.26. The van der Waals surface area contributed by atoms with Gasteiger partial charge in [0.15, 0.2) is 11.5 Å². The molecule has 3 rings (SSSR count). The number of carbonyl (C=O) groups is 2. The number of ether oxygens (including phenoxy) is 3. The molecule has 1 aliphatic rings. The maximum absolute atomic E-state index is 12.7. The normalized spacial score (nSPS) is 13.1. The van der Waals surface area contributed by atoms with Gasteiger partial charge in [0.05, 0.1) is 19.7 Å². The van der Waals surface area contributed by atoms with E-state index in [4.69, 9.17) is 14.2 Å². The maximum atomic E-state index is 12.7. The molecule has 154 valence electrons. The van der Waals surface area contributed by atoms with Gasteiger partial charge in [-0.3, -0.25) is 14.5 Å². The van der Waals surface area contributed by atoms with Crippen molar-refractivity contribution in [2.75, 3.05) is 37.6 Å². The predicted molar refractivity (Wildman–Crippen MR) is 110 cm³/mol. The molecule has 8 nitrogen and oxygen atoms in total. The van der Waals surface area contributed by atoms with Crippen LogP contribution in [0.5, 0.6) is 17.2 Å². The van der Waals surface area contributed by atoms with Crippen LogP contribution in [0.15, 0.2) is 42.5 Å². The van der Waals surface area contributed by atoms with Gasteiger partial charge in [0.2, 0.25) is 18.6 Å². The van der Waals surface area contributed by atoms with Gasteiger partial charge >= 0.3 is 0 Å². The monoisotopic (exact) mass is 399 g/mol. The number of methoxy groups -OCH3 is 1.